The maximum absolute atomic E-state index is 12.0. The highest BCUT2D eigenvalue weighted by Crippen LogP contribution is 2.27. The summed E-state index contributed by atoms with van der Waals surface area (Å²) in [7, 11) is 0. The molecule has 2 rings (SSSR count). The van der Waals surface area contributed by atoms with Crippen LogP contribution in [0.1, 0.15) is 6.92 Å². The molecule has 0 aliphatic carbocycles. The predicted octanol–water partition coefficient (Wildman–Crippen LogP) is 2.04. The smallest absolute Gasteiger partial charge is 0.313 e. The van der Waals surface area contributed by atoms with Gasteiger partial charge < -0.3 is 15.7 Å². The third-order valence-corrected chi connectivity index (χ3v) is 3.39. The normalized spacial score (nSPS) is 11.6. The molecule has 0 radical (unpaired) electrons. The molecule has 0 bridgehead atoms. The van der Waals surface area contributed by atoms with Gasteiger partial charge in [0.25, 0.3) is 0 Å². The molecule has 3 N–H and O–H groups in total. The van der Waals surface area contributed by atoms with Gasteiger partial charge >= 0.3 is 11.8 Å². The van der Waals surface area contributed by atoms with Crippen molar-refractivity contribution in [2.75, 3.05) is 18.5 Å². The summed E-state index contributed by atoms with van der Waals surface area (Å²) in [5, 5.41) is 14.1. The number of amides is 2. The summed E-state index contributed by atoms with van der Waals surface area (Å²) >= 11 is 0. The Morgan fingerprint density at radius 1 is 1.00 bits per heavy atom. The molecule has 0 heterocycles. The average molecular weight is 312 g/mol. The van der Waals surface area contributed by atoms with Crippen molar-refractivity contribution in [1.82, 2.24) is 5.32 Å². The third-order valence-electron chi connectivity index (χ3n) is 3.39. The van der Waals surface area contributed by atoms with Crippen LogP contribution in [0.25, 0.3) is 11.1 Å². The Balaban J connectivity index is 2.09. The summed E-state index contributed by atoms with van der Waals surface area (Å²) in [6.45, 7) is 1.99. The van der Waals surface area contributed by atoms with Crippen molar-refractivity contribution in [3.05, 3.63) is 54.6 Å². The molecular weight excluding hydrogens is 292 g/mol. The Hall–Kier alpha value is -2.66. The molecule has 0 aliphatic rings. The number of aliphatic hydroxyl groups is 1. The fourth-order valence-corrected chi connectivity index (χ4v) is 2.05. The Kier molecular flexibility index (Phi) is 5.88. The van der Waals surface area contributed by atoms with E-state index in [1.54, 1.807) is 19.1 Å². The molecule has 23 heavy (non-hydrogen) atoms. The molecular formula is C18H20N2O3. The first kappa shape index (κ1) is 16.7. The van der Waals surface area contributed by atoms with Crippen LogP contribution in [0.3, 0.4) is 0 Å². The Bertz CT molecular complexity index is 671. The lowest BCUT2D eigenvalue weighted by Gasteiger charge is -2.12. The number of aliphatic hydroxyl groups excluding tert-OH is 1. The van der Waals surface area contributed by atoms with Crippen molar-refractivity contribution in [3.63, 3.8) is 0 Å². The van der Waals surface area contributed by atoms with Gasteiger partial charge in [0.15, 0.2) is 0 Å². The highest BCUT2D eigenvalue weighted by molar-refractivity contribution is 6.39. The third kappa shape index (κ3) is 4.66. The largest absolute Gasteiger partial charge is 0.396 e. The summed E-state index contributed by atoms with van der Waals surface area (Å²) in [6, 6.07) is 16.9. The zero-order chi connectivity index (χ0) is 16.7. The van der Waals surface area contributed by atoms with Crippen LogP contribution in [-0.2, 0) is 9.59 Å². The van der Waals surface area contributed by atoms with E-state index in [1.165, 1.54) is 0 Å². The summed E-state index contributed by atoms with van der Waals surface area (Å²) in [6.07, 6.45) is 0. The molecule has 5 heteroatoms. The van der Waals surface area contributed by atoms with Crippen LogP contribution in [0.2, 0.25) is 0 Å². The lowest BCUT2D eigenvalue weighted by molar-refractivity contribution is -0.136. The standard InChI is InChI=1S/C18H20N2O3/c1-13(12-21)11-19-17(22)18(23)20-16-10-6-5-9-15(16)14-7-3-2-4-8-14/h2-10,13,21H,11-12H2,1H3,(H,19,22)(H,20,23). The number of hydrogen-bond acceptors (Lipinski definition) is 3. The van der Waals surface area contributed by atoms with Crippen LogP contribution in [0.5, 0.6) is 0 Å². The van der Waals surface area contributed by atoms with Gasteiger partial charge in [0, 0.05) is 24.4 Å². The highest BCUT2D eigenvalue weighted by atomic mass is 16.3. The van der Waals surface area contributed by atoms with Crippen molar-refractivity contribution < 1.29 is 14.7 Å². The first-order chi connectivity index (χ1) is 11.1. The zero-order valence-electron chi connectivity index (χ0n) is 13.0. The van der Waals surface area contributed by atoms with E-state index in [4.69, 9.17) is 5.11 Å². The van der Waals surface area contributed by atoms with Crippen molar-refractivity contribution in [3.8, 4) is 11.1 Å². The van der Waals surface area contributed by atoms with Gasteiger partial charge in [-0.25, -0.2) is 0 Å². The number of benzene rings is 2. The van der Waals surface area contributed by atoms with E-state index in [0.29, 0.717) is 5.69 Å². The number of hydrogen-bond donors (Lipinski definition) is 3. The van der Waals surface area contributed by atoms with Crippen molar-refractivity contribution in [2.45, 2.75) is 6.92 Å². The minimum atomic E-state index is -0.724. The lowest BCUT2D eigenvalue weighted by atomic mass is 10.0. The summed E-state index contributed by atoms with van der Waals surface area (Å²) in [5.41, 5.74) is 2.38. The number of carbonyl (C=O) groups is 2. The number of para-hydroxylation sites is 1. The number of rotatable bonds is 5. The molecule has 2 aromatic carbocycles. The van der Waals surface area contributed by atoms with Crippen LogP contribution < -0.4 is 10.6 Å². The molecule has 0 spiro atoms. The van der Waals surface area contributed by atoms with E-state index in [2.05, 4.69) is 10.6 Å². The van der Waals surface area contributed by atoms with Gasteiger partial charge in [-0.3, -0.25) is 9.59 Å². The molecule has 1 unspecified atom stereocenters. The molecule has 0 aromatic heterocycles. The first-order valence-electron chi connectivity index (χ1n) is 7.46. The fourth-order valence-electron chi connectivity index (χ4n) is 2.05. The monoisotopic (exact) mass is 312 g/mol. The number of nitrogens with one attached hydrogen (secondary N) is 2. The predicted molar refractivity (Wildman–Crippen MR) is 89.8 cm³/mol. The summed E-state index contributed by atoms with van der Waals surface area (Å²) in [5.74, 6) is -1.53. The highest BCUT2D eigenvalue weighted by Gasteiger charge is 2.16. The molecule has 1 atom stereocenters. The maximum atomic E-state index is 12.0. The molecule has 2 amide bonds. The van der Waals surface area contributed by atoms with Gasteiger partial charge in [0.05, 0.1) is 0 Å². The second-order valence-corrected chi connectivity index (χ2v) is 5.36. The maximum Gasteiger partial charge on any atom is 0.313 e. The SMILES string of the molecule is CC(CO)CNC(=O)C(=O)Nc1ccccc1-c1ccccc1. The Labute approximate surface area is 135 Å². The molecule has 5 nitrogen and oxygen atoms in total. The second kappa shape index (κ2) is 8.10. The van der Waals surface area contributed by atoms with Crippen molar-refractivity contribution in [2.24, 2.45) is 5.92 Å². The van der Waals surface area contributed by atoms with Gasteiger partial charge in [-0.15, -0.1) is 0 Å². The zero-order valence-corrected chi connectivity index (χ0v) is 13.0. The van der Waals surface area contributed by atoms with Crippen molar-refractivity contribution >= 4 is 17.5 Å². The van der Waals surface area contributed by atoms with Crippen LogP contribution in [0.15, 0.2) is 54.6 Å². The van der Waals surface area contributed by atoms with Gasteiger partial charge in [-0.1, -0.05) is 55.5 Å². The molecule has 0 fully saturated rings. The molecule has 0 saturated heterocycles. The minimum absolute atomic E-state index is 0.0429. The van der Waals surface area contributed by atoms with Crippen LogP contribution in [0, 0.1) is 5.92 Å². The van der Waals surface area contributed by atoms with E-state index in [0.717, 1.165) is 11.1 Å². The summed E-state index contributed by atoms with van der Waals surface area (Å²) in [4.78, 5) is 23.8. The summed E-state index contributed by atoms with van der Waals surface area (Å²) < 4.78 is 0. The first-order valence-corrected chi connectivity index (χ1v) is 7.46. The van der Waals surface area contributed by atoms with Crippen LogP contribution in [-0.4, -0.2) is 30.1 Å². The Morgan fingerprint density at radius 2 is 1.65 bits per heavy atom. The van der Waals surface area contributed by atoms with Crippen LogP contribution >= 0.6 is 0 Å². The Morgan fingerprint density at radius 3 is 2.35 bits per heavy atom. The second-order valence-electron chi connectivity index (χ2n) is 5.36. The molecule has 0 aliphatic heterocycles. The average Bonchev–Trinajstić information content (AvgIpc) is 2.60. The van der Waals surface area contributed by atoms with Gasteiger partial charge in [0.1, 0.15) is 0 Å². The van der Waals surface area contributed by atoms with E-state index >= 15 is 0 Å². The number of anilines is 1. The van der Waals surface area contributed by atoms with Gasteiger partial charge in [-0.05, 0) is 17.5 Å². The van der Waals surface area contributed by atoms with E-state index < -0.39 is 11.8 Å². The van der Waals surface area contributed by atoms with E-state index in [-0.39, 0.29) is 19.1 Å². The minimum Gasteiger partial charge on any atom is -0.396 e. The lowest BCUT2D eigenvalue weighted by Crippen LogP contribution is -2.38. The van der Waals surface area contributed by atoms with E-state index in [9.17, 15) is 9.59 Å². The molecule has 120 valence electrons. The van der Waals surface area contributed by atoms with E-state index in [1.807, 2.05) is 42.5 Å². The fraction of sp³-hybridized carbons (Fsp3) is 0.222. The van der Waals surface area contributed by atoms with Crippen LogP contribution in [0.4, 0.5) is 5.69 Å². The van der Waals surface area contributed by atoms with Gasteiger partial charge in [0.2, 0.25) is 0 Å². The topological polar surface area (TPSA) is 78.4 Å². The molecule has 2 aromatic rings. The molecule has 0 saturated carbocycles. The van der Waals surface area contributed by atoms with Gasteiger partial charge in [-0.2, -0.15) is 0 Å². The number of carbonyl (C=O) groups excluding carboxylic acids is 2. The quantitative estimate of drug-likeness (QED) is 0.739. The van der Waals surface area contributed by atoms with Crippen molar-refractivity contribution in [1.29, 1.82) is 0 Å².